The first-order chi connectivity index (χ1) is 17.5. The van der Waals surface area contributed by atoms with E-state index in [9.17, 15) is 4.79 Å². The molecule has 3 heterocycles. The number of nitrogens with one attached hydrogen (secondary N) is 2. The molecule has 1 unspecified atom stereocenters. The Morgan fingerprint density at radius 2 is 2.03 bits per heavy atom. The second-order valence-electron chi connectivity index (χ2n) is 8.28. The molecule has 11 nitrogen and oxygen atoms in total. The zero-order valence-corrected chi connectivity index (χ0v) is 19.6. The third kappa shape index (κ3) is 4.63. The highest BCUT2D eigenvalue weighted by Gasteiger charge is 2.26. The summed E-state index contributed by atoms with van der Waals surface area (Å²) in [7, 11) is 1.58. The molecule has 4 N–H and O–H groups in total. The fraction of sp³-hybridized carbons (Fsp3) is 0.240. The molecule has 1 aliphatic heterocycles. The molecule has 0 spiro atoms. The third-order valence-corrected chi connectivity index (χ3v) is 5.90. The number of nitrogen functional groups attached to an aromatic ring is 1. The highest BCUT2D eigenvalue weighted by Crippen LogP contribution is 2.43. The Morgan fingerprint density at radius 1 is 1.22 bits per heavy atom. The standard InChI is InChI=1S/C25H25N7O4/c1-34-19-13-17(14-20-22(19)36-11-3-10-35-20)18(12-15-5-7-16(8-6-15)23(26)27)24-29-25(33)32(31-24)21-4-2-9-28-30-21/h2,4-9,13-14,18H,3,10-12H2,1H3,(H3,26,27)(H,29,31,33). The summed E-state index contributed by atoms with van der Waals surface area (Å²) in [5, 5.41) is 20.1. The number of hydrogen-bond acceptors (Lipinski definition) is 8. The summed E-state index contributed by atoms with van der Waals surface area (Å²) in [5.74, 6) is 2.06. The van der Waals surface area contributed by atoms with Gasteiger partial charge in [-0.3, -0.25) is 10.4 Å². The molecule has 2 aromatic carbocycles. The van der Waals surface area contributed by atoms with Gasteiger partial charge in [-0.05, 0) is 41.8 Å². The van der Waals surface area contributed by atoms with Crippen LogP contribution in [0, 0.1) is 5.41 Å². The van der Waals surface area contributed by atoms with E-state index in [0.29, 0.717) is 54.1 Å². The van der Waals surface area contributed by atoms with Crippen molar-refractivity contribution in [1.29, 1.82) is 5.41 Å². The van der Waals surface area contributed by atoms with E-state index < -0.39 is 5.69 Å². The summed E-state index contributed by atoms with van der Waals surface area (Å²) >= 11 is 0. The minimum Gasteiger partial charge on any atom is -0.493 e. The van der Waals surface area contributed by atoms with Gasteiger partial charge < -0.3 is 19.9 Å². The molecule has 0 saturated heterocycles. The number of ether oxygens (including phenoxy) is 3. The summed E-state index contributed by atoms with van der Waals surface area (Å²) in [5.41, 5.74) is 7.61. The summed E-state index contributed by atoms with van der Waals surface area (Å²) < 4.78 is 18.6. The van der Waals surface area contributed by atoms with E-state index >= 15 is 0 Å². The quantitative estimate of drug-likeness (QED) is 0.265. The number of fused-ring (bicyclic) bond motifs is 1. The van der Waals surface area contributed by atoms with Crippen LogP contribution in [0.15, 0.2) is 59.5 Å². The average Bonchev–Trinajstić information content (AvgIpc) is 3.12. The minimum atomic E-state index is -0.427. The Balaban J connectivity index is 1.61. The first kappa shape index (κ1) is 23.1. The molecule has 0 fully saturated rings. The number of rotatable bonds is 7. The molecule has 2 aromatic heterocycles. The number of benzene rings is 2. The van der Waals surface area contributed by atoms with Crippen molar-refractivity contribution in [3.8, 4) is 23.1 Å². The van der Waals surface area contributed by atoms with Gasteiger partial charge in [0.2, 0.25) is 5.75 Å². The van der Waals surface area contributed by atoms with E-state index in [4.69, 9.17) is 25.4 Å². The fourth-order valence-corrected chi connectivity index (χ4v) is 4.10. The number of nitrogens with zero attached hydrogens (tertiary/aromatic N) is 4. The van der Waals surface area contributed by atoms with Gasteiger partial charge in [-0.2, -0.15) is 9.78 Å². The van der Waals surface area contributed by atoms with Crippen molar-refractivity contribution >= 4 is 5.84 Å². The zero-order chi connectivity index (χ0) is 25.1. The number of nitrogens with two attached hydrogens (primary N) is 1. The van der Waals surface area contributed by atoms with Gasteiger partial charge in [-0.1, -0.05) is 24.3 Å². The molecule has 0 amide bonds. The van der Waals surface area contributed by atoms with Crippen molar-refractivity contribution in [1.82, 2.24) is 25.0 Å². The maximum atomic E-state index is 12.8. The summed E-state index contributed by atoms with van der Waals surface area (Å²) in [6, 6.07) is 14.5. The van der Waals surface area contributed by atoms with Crippen molar-refractivity contribution in [2.24, 2.45) is 5.73 Å². The summed E-state index contributed by atoms with van der Waals surface area (Å²) in [4.78, 5) is 15.7. The van der Waals surface area contributed by atoms with Crippen LogP contribution in [0.25, 0.3) is 5.82 Å². The summed E-state index contributed by atoms with van der Waals surface area (Å²) in [6.07, 6.45) is 2.78. The average molecular weight is 488 g/mol. The lowest BCUT2D eigenvalue weighted by molar-refractivity contribution is 0.289. The fourth-order valence-electron chi connectivity index (χ4n) is 4.10. The van der Waals surface area contributed by atoms with Gasteiger partial charge in [-0.25, -0.2) is 4.79 Å². The number of H-pyrrole nitrogens is 1. The summed E-state index contributed by atoms with van der Waals surface area (Å²) in [6.45, 7) is 1.05. The van der Waals surface area contributed by atoms with Crippen LogP contribution in [0.2, 0.25) is 0 Å². The van der Waals surface area contributed by atoms with E-state index in [-0.39, 0.29) is 11.8 Å². The second kappa shape index (κ2) is 9.90. The third-order valence-electron chi connectivity index (χ3n) is 5.90. The molecule has 0 bridgehead atoms. The first-order valence-electron chi connectivity index (χ1n) is 11.4. The first-order valence-corrected chi connectivity index (χ1v) is 11.4. The maximum Gasteiger partial charge on any atom is 0.349 e. The van der Waals surface area contributed by atoms with E-state index in [1.54, 1.807) is 31.4 Å². The molecule has 4 aromatic rings. The van der Waals surface area contributed by atoms with E-state index in [0.717, 1.165) is 17.5 Å². The van der Waals surface area contributed by atoms with Crippen LogP contribution >= 0.6 is 0 Å². The molecule has 0 aliphatic carbocycles. The van der Waals surface area contributed by atoms with Gasteiger partial charge in [0.15, 0.2) is 17.3 Å². The predicted octanol–water partition coefficient (Wildman–Crippen LogP) is 2.18. The van der Waals surface area contributed by atoms with Crippen LogP contribution in [0.3, 0.4) is 0 Å². The molecule has 36 heavy (non-hydrogen) atoms. The number of aromatic nitrogens is 5. The van der Waals surface area contributed by atoms with Gasteiger partial charge in [-0.15, -0.1) is 10.2 Å². The highest BCUT2D eigenvalue weighted by atomic mass is 16.5. The van der Waals surface area contributed by atoms with Gasteiger partial charge >= 0.3 is 5.69 Å². The molecule has 1 aliphatic rings. The Morgan fingerprint density at radius 3 is 2.75 bits per heavy atom. The molecule has 5 rings (SSSR count). The van der Waals surface area contributed by atoms with Gasteiger partial charge in [0.05, 0.1) is 20.3 Å². The normalized spacial score (nSPS) is 13.6. The molecule has 184 valence electrons. The van der Waals surface area contributed by atoms with E-state index in [1.165, 1.54) is 10.9 Å². The largest absolute Gasteiger partial charge is 0.493 e. The van der Waals surface area contributed by atoms with Crippen LogP contribution in [0.5, 0.6) is 17.2 Å². The molecular formula is C25H25N7O4. The Hall–Kier alpha value is -4.67. The minimum absolute atomic E-state index is 0.00205. The van der Waals surface area contributed by atoms with Gasteiger partial charge in [0.25, 0.3) is 0 Å². The highest BCUT2D eigenvalue weighted by molar-refractivity contribution is 5.94. The van der Waals surface area contributed by atoms with E-state index in [1.807, 2.05) is 24.3 Å². The molecule has 0 radical (unpaired) electrons. The van der Waals surface area contributed by atoms with Crippen LogP contribution in [0.1, 0.15) is 34.9 Å². The zero-order valence-electron chi connectivity index (χ0n) is 19.6. The number of methoxy groups -OCH3 is 1. The van der Waals surface area contributed by atoms with Crippen LogP contribution in [-0.2, 0) is 6.42 Å². The van der Waals surface area contributed by atoms with Crippen molar-refractivity contribution in [3.63, 3.8) is 0 Å². The molecule has 0 saturated carbocycles. The number of hydrogen-bond donors (Lipinski definition) is 3. The maximum absolute atomic E-state index is 12.8. The van der Waals surface area contributed by atoms with E-state index in [2.05, 4.69) is 20.3 Å². The van der Waals surface area contributed by atoms with Crippen LogP contribution in [-0.4, -0.2) is 51.1 Å². The number of amidine groups is 1. The monoisotopic (exact) mass is 487 g/mol. The van der Waals surface area contributed by atoms with Crippen LogP contribution < -0.4 is 25.6 Å². The van der Waals surface area contributed by atoms with Gasteiger partial charge in [0.1, 0.15) is 11.7 Å². The second-order valence-corrected chi connectivity index (χ2v) is 8.28. The topological polar surface area (TPSA) is 154 Å². The molecule has 11 heteroatoms. The lowest BCUT2D eigenvalue weighted by Gasteiger charge is -2.19. The molecular weight excluding hydrogens is 462 g/mol. The molecule has 1 atom stereocenters. The predicted molar refractivity (Wildman–Crippen MR) is 131 cm³/mol. The number of aromatic amines is 1. The Bertz CT molecular complexity index is 1430. The lowest BCUT2D eigenvalue weighted by atomic mass is 9.90. The Labute approximate surface area is 206 Å². The van der Waals surface area contributed by atoms with Gasteiger partial charge in [0, 0.05) is 24.1 Å². The lowest BCUT2D eigenvalue weighted by Crippen LogP contribution is -2.17. The smallest absolute Gasteiger partial charge is 0.349 e. The van der Waals surface area contributed by atoms with Crippen molar-refractivity contribution in [3.05, 3.63) is 87.7 Å². The van der Waals surface area contributed by atoms with Crippen molar-refractivity contribution in [2.75, 3.05) is 20.3 Å². The van der Waals surface area contributed by atoms with Crippen molar-refractivity contribution < 1.29 is 14.2 Å². The van der Waals surface area contributed by atoms with Crippen molar-refractivity contribution in [2.45, 2.75) is 18.8 Å². The van der Waals surface area contributed by atoms with Crippen LogP contribution in [0.4, 0.5) is 0 Å². The Kier molecular flexibility index (Phi) is 6.35. The SMILES string of the molecule is COc1cc(C(Cc2ccc(C(=N)N)cc2)c2nn(-c3cccnn3)c(=O)[nH]2)cc2c1OCCCO2.